The maximum atomic E-state index is 11.9. The van der Waals surface area contributed by atoms with Gasteiger partial charge in [-0.2, -0.15) is 0 Å². The molecule has 0 spiro atoms. The molecule has 0 aromatic carbocycles. The van der Waals surface area contributed by atoms with Crippen LogP contribution in [0.2, 0.25) is 0 Å². The molecule has 0 saturated carbocycles. The van der Waals surface area contributed by atoms with Gasteiger partial charge in [0.1, 0.15) is 0 Å². The van der Waals surface area contributed by atoms with E-state index in [0.29, 0.717) is 13.0 Å². The van der Waals surface area contributed by atoms with Gasteiger partial charge in [-0.1, -0.05) is 161 Å². The van der Waals surface area contributed by atoms with Gasteiger partial charge in [-0.05, 0) is 38.5 Å². The zero-order chi connectivity index (χ0) is 26.2. The second kappa shape index (κ2) is 32.2. The maximum absolute atomic E-state index is 11.9. The van der Waals surface area contributed by atoms with E-state index in [9.17, 15) is 4.79 Å². The van der Waals surface area contributed by atoms with Gasteiger partial charge in [0.2, 0.25) is 0 Å². The van der Waals surface area contributed by atoms with Crippen molar-refractivity contribution in [1.82, 2.24) is 0 Å². The number of carbonyl (C=O) groups excluding carboxylic acids is 1. The van der Waals surface area contributed by atoms with Gasteiger partial charge in [-0.25, -0.2) is 0 Å². The zero-order valence-electron chi connectivity index (χ0n) is 25.0. The number of esters is 1. The molecule has 0 fully saturated rings. The molecule has 0 aromatic heterocycles. The highest BCUT2D eigenvalue weighted by atomic mass is 16.5. The van der Waals surface area contributed by atoms with E-state index >= 15 is 0 Å². The van der Waals surface area contributed by atoms with Crippen LogP contribution in [-0.4, -0.2) is 12.6 Å². The lowest BCUT2D eigenvalue weighted by Crippen LogP contribution is -2.05. The van der Waals surface area contributed by atoms with Gasteiger partial charge in [-0.15, -0.1) is 0 Å². The maximum Gasteiger partial charge on any atom is 0.305 e. The van der Waals surface area contributed by atoms with Crippen LogP contribution < -0.4 is 0 Å². The number of carbonyl (C=O) groups is 1. The lowest BCUT2D eigenvalue weighted by molar-refractivity contribution is -0.143. The number of allylic oxidation sites excluding steroid dienone is 2. The lowest BCUT2D eigenvalue weighted by Gasteiger charge is -2.05. The quantitative estimate of drug-likeness (QED) is 0.0550. The van der Waals surface area contributed by atoms with Crippen molar-refractivity contribution < 1.29 is 9.53 Å². The standard InChI is InChI=1S/C34H66O2/c1-3-5-7-9-11-13-15-17-19-20-22-24-26-28-30-32-34(35)36-33-31-29-27-25-23-21-18-16-14-12-10-8-6-4-2/h14,16H,3-13,15,17-33H2,1-2H3. The van der Waals surface area contributed by atoms with E-state index in [4.69, 9.17) is 4.74 Å². The van der Waals surface area contributed by atoms with Crippen LogP contribution in [0.15, 0.2) is 12.2 Å². The molecule has 0 atom stereocenters. The molecule has 0 aromatic rings. The molecule has 0 saturated heterocycles. The van der Waals surface area contributed by atoms with E-state index in [-0.39, 0.29) is 5.97 Å². The topological polar surface area (TPSA) is 26.3 Å². The van der Waals surface area contributed by atoms with Gasteiger partial charge in [0.05, 0.1) is 6.61 Å². The van der Waals surface area contributed by atoms with E-state index < -0.39 is 0 Å². The minimum absolute atomic E-state index is 0.0196. The summed E-state index contributed by atoms with van der Waals surface area (Å²) in [5.41, 5.74) is 0. The number of rotatable bonds is 30. The predicted molar refractivity (Wildman–Crippen MR) is 161 cm³/mol. The minimum Gasteiger partial charge on any atom is -0.466 e. The summed E-state index contributed by atoms with van der Waals surface area (Å²) in [7, 11) is 0. The van der Waals surface area contributed by atoms with Gasteiger partial charge in [0, 0.05) is 6.42 Å². The summed E-state index contributed by atoms with van der Waals surface area (Å²) in [6, 6.07) is 0. The van der Waals surface area contributed by atoms with Crippen LogP contribution in [0.1, 0.15) is 194 Å². The Labute approximate surface area is 227 Å². The summed E-state index contributed by atoms with van der Waals surface area (Å²) in [4.78, 5) is 11.9. The largest absolute Gasteiger partial charge is 0.466 e. The molecule has 0 aliphatic rings. The van der Waals surface area contributed by atoms with E-state index in [1.807, 2.05) is 0 Å². The van der Waals surface area contributed by atoms with Crippen molar-refractivity contribution in [3.8, 4) is 0 Å². The van der Waals surface area contributed by atoms with Crippen molar-refractivity contribution in [2.45, 2.75) is 194 Å². The third-order valence-corrected chi connectivity index (χ3v) is 7.40. The van der Waals surface area contributed by atoms with Crippen LogP contribution in [0.3, 0.4) is 0 Å². The molecule has 0 rings (SSSR count). The fourth-order valence-electron chi connectivity index (χ4n) is 4.89. The van der Waals surface area contributed by atoms with Crippen molar-refractivity contribution in [3.05, 3.63) is 12.2 Å². The molecular formula is C34H66O2. The molecule has 214 valence electrons. The average Bonchev–Trinajstić information content (AvgIpc) is 2.88. The van der Waals surface area contributed by atoms with Crippen LogP contribution in [0.5, 0.6) is 0 Å². The summed E-state index contributed by atoms with van der Waals surface area (Å²) in [5, 5.41) is 0. The highest BCUT2D eigenvalue weighted by molar-refractivity contribution is 5.69. The highest BCUT2D eigenvalue weighted by Gasteiger charge is 2.02. The monoisotopic (exact) mass is 507 g/mol. The zero-order valence-corrected chi connectivity index (χ0v) is 25.0. The van der Waals surface area contributed by atoms with Crippen LogP contribution in [0, 0.1) is 0 Å². The Hall–Kier alpha value is -0.790. The van der Waals surface area contributed by atoms with Gasteiger partial charge in [0.25, 0.3) is 0 Å². The van der Waals surface area contributed by atoms with Gasteiger partial charge in [-0.3, -0.25) is 4.79 Å². The summed E-state index contributed by atoms with van der Waals surface area (Å²) < 4.78 is 5.42. The Kier molecular flexibility index (Phi) is 31.5. The summed E-state index contributed by atoms with van der Waals surface area (Å²) in [5.74, 6) is 0.0196. The molecular weight excluding hydrogens is 440 g/mol. The van der Waals surface area contributed by atoms with E-state index in [1.54, 1.807) is 0 Å². The van der Waals surface area contributed by atoms with Gasteiger partial charge >= 0.3 is 5.97 Å². The van der Waals surface area contributed by atoms with Gasteiger partial charge in [0.15, 0.2) is 0 Å². The first-order valence-electron chi connectivity index (χ1n) is 16.6. The second-order valence-corrected chi connectivity index (χ2v) is 11.2. The van der Waals surface area contributed by atoms with Crippen LogP contribution in [0.4, 0.5) is 0 Å². The van der Waals surface area contributed by atoms with Crippen LogP contribution in [0.25, 0.3) is 0 Å². The molecule has 0 aliphatic heterocycles. The first kappa shape index (κ1) is 35.2. The van der Waals surface area contributed by atoms with Crippen molar-refractivity contribution in [2.24, 2.45) is 0 Å². The number of hydrogen-bond acceptors (Lipinski definition) is 2. The lowest BCUT2D eigenvalue weighted by atomic mass is 10.0. The van der Waals surface area contributed by atoms with E-state index in [0.717, 1.165) is 12.8 Å². The van der Waals surface area contributed by atoms with Crippen LogP contribution in [-0.2, 0) is 9.53 Å². The number of hydrogen-bond donors (Lipinski definition) is 0. The number of unbranched alkanes of at least 4 members (excludes halogenated alkanes) is 24. The molecule has 0 radical (unpaired) electrons. The molecule has 0 aliphatic carbocycles. The molecule has 0 N–H and O–H groups in total. The molecule has 0 amide bonds. The predicted octanol–water partition coefficient (Wildman–Crippen LogP) is 12.0. The van der Waals surface area contributed by atoms with E-state index in [2.05, 4.69) is 26.0 Å². The molecule has 0 unspecified atom stereocenters. The Bertz CT molecular complexity index is 442. The fourth-order valence-corrected chi connectivity index (χ4v) is 4.89. The van der Waals surface area contributed by atoms with Gasteiger partial charge < -0.3 is 4.74 Å². The normalized spacial score (nSPS) is 11.5. The Morgan fingerprint density at radius 2 is 0.778 bits per heavy atom. The van der Waals surface area contributed by atoms with Crippen LogP contribution >= 0.6 is 0 Å². The third kappa shape index (κ3) is 31.2. The molecule has 0 heterocycles. The molecule has 2 heteroatoms. The van der Waals surface area contributed by atoms with Crippen molar-refractivity contribution in [3.63, 3.8) is 0 Å². The smallest absolute Gasteiger partial charge is 0.305 e. The average molecular weight is 507 g/mol. The SMILES string of the molecule is CCCCCCC=CCCCCCCCCOC(=O)CCCCCCCCCCCCCCCCC. The second-order valence-electron chi connectivity index (χ2n) is 11.2. The first-order valence-corrected chi connectivity index (χ1v) is 16.6. The van der Waals surface area contributed by atoms with Crippen molar-refractivity contribution in [2.75, 3.05) is 6.61 Å². The third-order valence-electron chi connectivity index (χ3n) is 7.40. The minimum atomic E-state index is 0.0196. The molecule has 36 heavy (non-hydrogen) atoms. The van der Waals surface area contributed by atoms with E-state index in [1.165, 1.54) is 161 Å². The molecule has 0 bridgehead atoms. The first-order chi connectivity index (χ1) is 17.8. The summed E-state index contributed by atoms with van der Waals surface area (Å²) >= 11 is 0. The fraction of sp³-hybridized carbons (Fsp3) is 0.912. The van der Waals surface area contributed by atoms with Crippen molar-refractivity contribution in [1.29, 1.82) is 0 Å². The highest BCUT2D eigenvalue weighted by Crippen LogP contribution is 2.14. The molecule has 2 nitrogen and oxygen atoms in total. The Morgan fingerprint density at radius 3 is 1.22 bits per heavy atom. The van der Waals surface area contributed by atoms with Crippen molar-refractivity contribution >= 4 is 5.97 Å². The number of ether oxygens (including phenoxy) is 1. The Morgan fingerprint density at radius 1 is 0.444 bits per heavy atom. The Balaban J connectivity index is 3.18. The summed E-state index contributed by atoms with van der Waals surface area (Å²) in [6.45, 7) is 5.18. The summed E-state index contributed by atoms with van der Waals surface area (Å²) in [6.07, 6.45) is 41.2.